The van der Waals surface area contributed by atoms with E-state index in [9.17, 15) is 0 Å². The molecule has 1 aliphatic rings. The highest BCUT2D eigenvalue weighted by Gasteiger charge is 2.27. The Morgan fingerprint density at radius 1 is 1.56 bits per heavy atom. The molecule has 1 aromatic heterocycles. The molecule has 4 N–H and O–H groups in total. The van der Waals surface area contributed by atoms with Gasteiger partial charge in [-0.3, -0.25) is 0 Å². The number of nitrogens with zero attached hydrogens (tertiary/aromatic N) is 2. The molecule has 88 valence electrons. The van der Waals surface area contributed by atoms with Gasteiger partial charge >= 0.3 is 0 Å². The molecule has 0 spiro atoms. The first-order chi connectivity index (χ1) is 7.69. The van der Waals surface area contributed by atoms with E-state index in [4.69, 9.17) is 10.8 Å². The van der Waals surface area contributed by atoms with Gasteiger partial charge in [0, 0.05) is 25.1 Å². The minimum Gasteiger partial charge on any atom is -0.396 e. The van der Waals surface area contributed by atoms with Gasteiger partial charge in [-0.1, -0.05) is 6.92 Å². The Morgan fingerprint density at radius 2 is 2.31 bits per heavy atom. The molecule has 0 saturated heterocycles. The molecule has 1 saturated carbocycles. The van der Waals surface area contributed by atoms with Crippen molar-refractivity contribution in [2.75, 3.05) is 24.2 Å². The van der Waals surface area contributed by atoms with Crippen LogP contribution in [0.4, 0.5) is 11.6 Å². The third-order valence-corrected chi connectivity index (χ3v) is 2.65. The number of aliphatic hydroxyl groups is 1. The van der Waals surface area contributed by atoms with E-state index in [1.165, 1.54) is 0 Å². The first-order valence-corrected chi connectivity index (χ1v) is 5.68. The van der Waals surface area contributed by atoms with Crippen molar-refractivity contribution in [1.82, 2.24) is 9.97 Å². The van der Waals surface area contributed by atoms with Crippen LogP contribution in [-0.2, 0) is 0 Å². The molecule has 1 aliphatic carbocycles. The summed E-state index contributed by atoms with van der Waals surface area (Å²) in [6, 6.07) is 1.73. The summed E-state index contributed by atoms with van der Waals surface area (Å²) in [6.45, 7) is 2.83. The number of hydrogen-bond donors (Lipinski definition) is 3. The van der Waals surface area contributed by atoms with Crippen molar-refractivity contribution < 1.29 is 5.11 Å². The molecule has 1 heterocycles. The molecule has 16 heavy (non-hydrogen) atoms. The highest BCUT2D eigenvalue weighted by molar-refractivity contribution is 5.45. The molecule has 0 radical (unpaired) electrons. The summed E-state index contributed by atoms with van der Waals surface area (Å²) in [4.78, 5) is 8.64. The molecule has 1 aromatic rings. The third-order valence-electron chi connectivity index (χ3n) is 2.65. The molecule has 5 nitrogen and oxygen atoms in total. The molecule has 2 rings (SSSR count). The molecule has 0 aromatic carbocycles. The Hall–Kier alpha value is -1.36. The largest absolute Gasteiger partial charge is 0.396 e. The Labute approximate surface area is 95.1 Å². The van der Waals surface area contributed by atoms with Gasteiger partial charge in [-0.05, 0) is 18.8 Å². The lowest BCUT2D eigenvalue weighted by Gasteiger charge is -2.11. The molecule has 1 atom stereocenters. The van der Waals surface area contributed by atoms with Crippen molar-refractivity contribution in [2.24, 2.45) is 5.92 Å². The summed E-state index contributed by atoms with van der Waals surface area (Å²) in [5.74, 6) is 2.82. The van der Waals surface area contributed by atoms with E-state index >= 15 is 0 Å². The van der Waals surface area contributed by atoms with Gasteiger partial charge in [-0.15, -0.1) is 0 Å². The second kappa shape index (κ2) is 4.65. The van der Waals surface area contributed by atoms with Crippen LogP contribution in [0.1, 0.15) is 31.5 Å². The van der Waals surface area contributed by atoms with Gasteiger partial charge in [0.2, 0.25) is 0 Å². The molecular weight excluding hydrogens is 204 g/mol. The predicted molar refractivity (Wildman–Crippen MR) is 63.2 cm³/mol. The lowest BCUT2D eigenvalue weighted by molar-refractivity contribution is 0.244. The van der Waals surface area contributed by atoms with Gasteiger partial charge in [0.05, 0.1) is 0 Å². The normalized spacial score (nSPS) is 17.1. The molecule has 5 heteroatoms. The lowest BCUT2D eigenvalue weighted by atomic mass is 10.2. The maximum Gasteiger partial charge on any atom is 0.136 e. The van der Waals surface area contributed by atoms with Crippen LogP contribution in [0, 0.1) is 5.92 Å². The van der Waals surface area contributed by atoms with Gasteiger partial charge in [0.15, 0.2) is 0 Å². The van der Waals surface area contributed by atoms with Crippen LogP contribution < -0.4 is 11.1 Å². The van der Waals surface area contributed by atoms with Crippen molar-refractivity contribution >= 4 is 11.6 Å². The highest BCUT2D eigenvalue weighted by Crippen LogP contribution is 2.38. The minimum atomic E-state index is 0.170. The van der Waals surface area contributed by atoms with Crippen molar-refractivity contribution in [2.45, 2.75) is 25.7 Å². The number of hydrogen-bond acceptors (Lipinski definition) is 5. The fourth-order valence-electron chi connectivity index (χ4n) is 1.44. The molecule has 0 aliphatic heterocycles. The van der Waals surface area contributed by atoms with E-state index in [0.29, 0.717) is 18.3 Å². The summed E-state index contributed by atoms with van der Waals surface area (Å²) < 4.78 is 0. The molecule has 1 unspecified atom stereocenters. The second-order valence-corrected chi connectivity index (χ2v) is 4.48. The zero-order valence-electron chi connectivity index (χ0n) is 9.48. The Morgan fingerprint density at radius 3 is 2.94 bits per heavy atom. The van der Waals surface area contributed by atoms with Gasteiger partial charge in [-0.25, -0.2) is 9.97 Å². The second-order valence-electron chi connectivity index (χ2n) is 4.48. The van der Waals surface area contributed by atoms with Crippen molar-refractivity contribution in [3.05, 3.63) is 11.9 Å². The summed E-state index contributed by atoms with van der Waals surface area (Å²) in [7, 11) is 0. The fraction of sp³-hybridized carbons (Fsp3) is 0.636. The Bertz CT molecular complexity index is 365. The summed E-state index contributed by atoms with van der Waals surface area (Å²) in [5.41, 5.74) is 5.72. The van der Waals surface area contributed by atoms with Crippen LogP contribution in [0.2, 0.25) is 0 Å². The van der Waals surface area contributed by atoms with E-state index < -0.39 is 0 Å². The van der Waals surface area contributed by atoms with Crippen molar-refractivity contribution in [3.63, 3.8) is 0 Å². The topological polar surface area (TPSA) is 84.1 Å². The van der Waals surface area contributed by atoms with E-state index in [2.05, 4.69) is 15.3 Å². The number of aromatic nitrogens is 2. The zero-order chi connectivity index (χ0) is 11.5. The molecular formula is C11H18N4O. The standard InChI is InChI=1S/C11H18N4O/c1-7(6-16)5-13-10-4-9(12)14-11(15-10)8-2-3-8/h4,7-8,16H,2-3,5-6H2,1H3,(H3,12,13,14,15). The van der Waals surface area contributed by atoms with Crippen LogP contribution in [0.15, 0.2) is 6.07 Å². The molecule has 1 fully saturated rings. The monoisotopic (exact) mass is 222 g/mol. The maximum atomic E-state index is 8.92. The van der Waals surface area contributed by atoms with Crippen LogP contribution in [0.5, 0.6) is 0 Å². The average Bonchev–Trinajstić information content (AvgIpc) is 3.09. The lowest BCUT2D eigenvalue weighted by Crippen LogP contribution is -2.16. The quantitative estimate of drug-likeness (QED) is 0.691. The highest BCUT2D eigenvalue weighted by atomic mass is 16.3. The SMILES string of the molecule is CC(CO)CNc1cc(N)nc(C2CC2)n1. The van der Waals surface area contributed by atoms with Crippen LogP contribution in [0.25, 0.3) is 0 Å². The fourth-order valence-corrected chi connectivity index (χ4v) is 1.44. The van der Waals surface area contributed by atoms with E-state index in [1.54, 1.807) is 6.07 Å². The number of aliphatic hydroxyl groups excluding tert-OH is 1. The maximum absolute atomic E-state index is 8.92. The van der Waals surface area contributed by atoms with Crippen LogP contribution in [-0.4, -0.2) is 28.2 Å². The third kappa shape index (κ3) is 2.82. The van der Waals surface area contributed by atoms with Crippen molar-refractivity contribution in [3.8, 4) is 0 Å². The van der Waals surface area contributed by atoms with Gasteiger partial charge in [0.25, 0.3) is 0 Å². The summed E-state index contributed by atoms with van der Waals surface area (Å²) in [6.07, 6.45) is 2.33. The first kappa shape index (κ1) is 11.1. The predicted octanol–water partition coefficient (Wildman–Crippen LogP) is 0.976. The van der Waals surface area contributed by atoms with E-state index in [1.807, 2.05) is 6.92 Å². The van der Waals surface area contributed by atoms with Crippen LogP contribution >= 0.6 is 0 Å². The summed E-state index contributed by atoms with van der Waals surface area (Å²) >= 11 is 0. The number of rotatable bonds is 5. The van der Waals surface area contributed by atoms with E-state index in [-0.39, 0.29) is 12.5 Å². The number of anilines is 2. The number of nitrogen functional groups attached to an aromatic ring is 1. The first-order valence-electron chi connectivity index (χ1n) is 5.68. The van der Waals surface area contributed by atoms with Gasteiger partial charge in [0.1, 0.15) is 17.5 Å². The summed E-state index contributed by atoms with van der Waals surface area (Å²) in [5, 5.41) is 12.1. The average molecular weight is 222 g/mol. The minimum absolute atomic E-state index is 0.170. The zero-order valence-corrected chi connectivity index (χ0v) is 9.48. The van der Waals surface area contributed by atoms with Crippen LogP contribution in [0.3, 0.4) is 0 Å². The van der Waals surface area contributed by atoms with Gasteiger partial charge < -0.3 is 16.2 Å². The number of nitrogens with one attached hydrogen (secondary N) is 1. The van der Waals surface area contributed by atoms with E-state index in [0.717, 1.165) is 24.5 Å². The molecule has 0 bridgehead atoms. The molecule has 0 amide bonds. The van der Waals surface area contributed by atoms with Crippen molar-refractivity contribution in [1.29, 1.82) is 0 Å². The number of nitrogens with two attached hydrogens (primary N) is 1. The van der Waals surface area contributed by atoms with Gasteiger partial charge in [-0.2, -0.15) is 0 Å². The Kier molecular flexibility index (Phi) is 3.24. The Balaban J connectivity index is 2.02. The smallest absolute Gasteiger partial charge is 0.136 e.